The summed E-state index contributed by atoms with van der Waals surface area (Å²) in [6.07, 6.45) is 10.7. The minimum absolute atomic E-state index is 0.00437. The Morgan fingerprint density at radius 2 is 1.73 bits per heavy atom. The molecule has 33 heavy (non-hydrogen) atoms. The quantitative estimate of drug-likeness (QED) is 0.523. The van der Waals surface area contributed by atoms with Crippen molar-refractivity contribution in [2.24, 2.45) is 0 Å². The van der Waals surface area contributed by atoms with E-state index in [0.29, 0.717) is 31.1 Å². The molecule has 0 bridgehead atoms. The minimum Gasteiger partial charge on any atom is -0.493 e. The summed E-state index contributed by atoms with van der Waals surface area (Å²) < 4.78 is 10.9. The van der Waals surface area contributed by atoms with Crippen LogP contribution >= 0.6 is 0 Å². The van der Waals surface area contributed by atoms with Crippen molar-refractivity contribution in [1.29, 1.82) is 0 Å². The molecule has 184 valence electrons. The Bertz CT molecular complexity index is 792. The lowest BCUT2D eigenvalue weighted by Crippen LogP contribution is -2.50. The summed E-state index contributed by atoms with van der Waals surface area (Å²) in [5.74, 6) is 1.40. The molecule has 7 nitrogen and oxygen atoms in total. The highest BCUT2D eigenvalue weighted by atomic mass is 16.5. The molecule has 1 aromatic rings. The van der Waals surface area contributed by atoms with Crippen LogP contribution in [0.25, 0.3) is 0 Å². The summed E-state index contributed by atoms with van der Waals surface area (Å²) in [5, 5.41) is 3.20. The summed E-state index contributed by atoms with van der Waals surface area (Å²) in [6, 6.07) is 4.12. The first-order valence-corrected chi connectivity index (χ1v) is 12.6. The summed E-state index contributed by atoms with van der Waals surface area (Å²) in [7, 11) is 3.26. The van der Waals surface area contributed by atoms with Gasteiger partial charge in [0.15, 0.2) is 11.5 Å². The fraction of sp³-hybridized carbons (Fsp3) is 0.692. The van der Waals surface area contributed by atoms with E-state index in [2.05, 4.69) is 12.2 Å². The molecule has 3 rings (SSSR count). The standard InChI is InChI=1S/C26H41N3O4/c1-4-5-6-10-14-29(26(31)27-22-11-8-7-9-12-22)19-25(30)28-15-13-20-16-23(32-2)24(33-3)17-21(20)18-28/h16-17,22H,4-15,18-19H2,1-3H3,(H,27,31). The van der Waals surface area contributed by atoms with Crippen LogP contribution in [0.1, 0.15) is 75.8 Å². The molecule has 1 fully saturated rings. The second kappa shape index (κ2) is 12.7. The van der Waals surface area contributed by atoms with Crippen molar-refractivity contribution in [3.8, 4) is 11.5 Å². The van der Waals surface area contributed by atoms with Gasteiger partial charge in [0, 0.05) is 25.7 Å². The normalized spacial score (nSPS) is 16.2. The van der Waals surface area contributed by atoms with E-state index in [9.17, 15) is 9.59 Å². The highest BCUT2D eigenvalue weighted by Gasteiger charge is 2.27. The number of ether oxygens (including phenoxy) is 2. The minimum atomic E-state index is -0.0874. The predicted octanol–water partition coefficient (Wildman–Crippen LogP) is 4.51. The van der Waals surface area contributed by atoms with E-state index >= 15 is 0 Å². The molecular weight excluding hydrogens is 418 g/mol. The monoisotopic (exact) mass is 459 g/mol. The number of benzene rings is 1. The van der Waals surface area contributed by atoms with Crippen LogP contribution in [0.3, 0.4) is 0 Å². The average Bonchev–Trinajstić information content (AvgIpc) is 2.85. The number of rotatable bonds is 10. The zero-order valence-electron chi connectivity index (χ0n) is 20.7. The van der Waals surface area contributed by atoms with Crippen LogP contribution < -0.4 is 14.8 Å². The summed E-state index contributed by atoms with van der Waals surface area (Å²) in [5.41, 5.74) is 2.26. The van der Waals surface area contributed by atoms with E-state index in [-0.39, 0.29) is 24.5 Å². The molecule has 3 amide bonds. The maximum Gasteiger partial charge on any atom is 0.318 e. The number of hydrogen-bond acceptors (Lipinski definition) is 4. The van der Waals surface area contributed by atoms with Gasteiger partial charge in [-0.3, -0.25) is 4.79 Å². The van der Waals surface area contributed by atoms with Crippen molar-refractivity contribution < 1.29 is 19.1 Å². The number of hydrogen-bond donors (Lipinski definition) is 1. The van der Waals surface area contributed by atoms with Crippen LogP contribution in [0, 0.1) is 0 Å². The number of carbonyl (C=O) groups is 2. The largest absolute Gasteiger partial charge is 0.493 e. The van der Waals surface area contributed by atoms with Crippen molar-refractivity contribution in [2.75, 3.05) is 33.9 Å². The van der Waals surface area contributed by atoms with Gasteiger partial charge in [-0.15, -0.1) is 0 Å². The number of urea groups is 1. The van der Waals surface area contributed by atoms with Crippen LogP contribution in [-0.4, -0.2) is 61.6 Å². The maximum atomic E-state index is 13.2. The highest BCUT2D eigenvalue weighted by molar-refractivity contribution is 5.84. The number of fused-ring (bicyclic) bond motifs is 1. The average molecular weight is 460 g/mol. The van der Waals surface area contributed by atoms with E-state index in [1.807, 2.05) is 17.0 Å². The lowest BCUT2D eigenvalue weighted by atomic mass is 9.96. The number of nitrogens with zero attached hydrogens (tertiary/aromatic N) is 2. The van der Waals surface area contributed by atoms with Crippen LogP contribution in [0.5, 0.6) is 11.5 Å². The lowest BCUT2D eigenvalue weighted by Gasteiger charge is -2.33. The third-order valence-corrected chi connectivity index (χ3v) is 6.90. The van der Waals surface area contributed by atoms with Crippen molar-refractivity contribution in [3.63, 3.8) is 0 Å². The number of methoxy groups -OCH3 is 2. The van der Waals surface area contributed by atoms with Gasteiger partial charge in [-0.05, 0) is 48.9 Å². The van der Waals surface area contributed by atoms with Crippen molar-refractivity contribution >= 4 is 11.9 Å². The molecule has 0 unspecified atom stereocenters. The lowest BCUT2D eigenvalue weighted by molar-refractivity contribution is -0.132. The number of carbonyl (C=O) groups excluding carboxylic acids is 2. The molecule has 0 saturated heterocycles. The van der Waals surface area contributed by atoms with E-state index in [0.717, 1.165) is 50.5 Å². The number of amides is 3. The van der Waals surface area contributed by atoms with Gasteiger partial charge in [0.1, 0.15) is 6.54 Å². The second-order valence-electron chi connectivity index (χ2n) is 9.31. The van der Waals surface area contributed by atoms with Gasteiger partial charge >= 0.3 is 6.03 Å². The van der Waals surface area contributed by atoms with E-state index < -0.39 is 0 Å². The Morgan fingerprint density at radius 3 is 2.39 bits per heavy atom. The van der Waals surface area contributed by atoms with Crippen LogP contribution in [-0.2, 0) is 17.8 Å². The first-order valence-electron chi connectivity index (χ1n) is 12.6. The SMILES string of the molecule is CCCCCCN(CC(=O)N1CCc2cc(OC)c(OC)cc2C1)C(=O)NC1CCCCC1. The Balaban J connectivity index is 1.63. The molecule has 1 aromatic carbocycles. The number of unbranched alkanes of at least 4 members (excludes halogenated alkanes) is 3. The molecule has 1 N–H and O–H groups in total. The van der Waals surface area contributed by atoms with Gasteiger partial charge in [0.25, 0.3) is 0 Å². The molecule has 0 radical (unpaired) electrons. The van der Waals surface area contributed by atoms with Gasteiger partial charge in [-0.25, -0.2) is 4.79 Å². The van der Waals surface area contributed by atoms with Crippen molar-refractivity contribution in [3.05, 3.63) is 23.3 Å². The number of nitrogens with one attached hydrogen (secondary N) is 1. The topological polar surface area (TPSA) is 71.1 Å². The van der Waals surface area contributed by atoms with Crippen molar-refractivity contribution in [2.45, 2.75) is 83.7 Å². The highest BCUT2D eigenvalue weighted by Crippen LogP contribution is 2.33. The summed E-state index contributed by atoms with van der Waals surface area (Å²) >= 11 is 0. The fourth-order valence-corrected chi connectivity index (χ4v) is 4.85. The molecule has 7 heteroatoms. The molecular formula is C26H41N3O4. The van der Waals surface area contributed by atoms with Gasteiger partial charge in [-0.2, -0.15) is 0 Å². The molecule has 1 aliphatic heterocycles. The van der Waals surface area contributed by atoms with E-state index in [4.69, 9.17) is 9.47 Å². The van der Waals surface area contributed by atoms with Gasteiger partial charge in [0.2, 0.25) is 5.91 Å². The molecule has 1 heterocycles. The molecule has 1 aliphatic carbocycles. The smallest absolute Gasteiger partial charge is 0.318 e. The zero-order valence-corrected chi connectivity index (χ0v) is 20.7. The Morgan fingerprint density at radius 1 is 1.03 bits per heavy atom. The molecule has 0 atom stereocenters. The van der Waals surface area contributed by atoms with Gasteiger partial charge < -0.3 is 24.6 Å². The molecule has 2 aliphatic rings. The fourth-order valence-electron chi connectivity index (χ4n) is 4.85. The van der Waals surface area contributed by atoms with Gasteiger partial charge in [0.05, 0.1) is 14.2 Å². The Kier molecular flexibility index (Phi) is 9.70. The first kappa shape index (κ1) is 25.2. The predicted molar refractivity (Wildman–Crippen MR) is 130 cm³/mol. The summed E-state index contributed by atoms with van der Waals surface area (Å²) in [6.45, 7) is 4.11. The molecule has 0 aromatic heterocycles. The second-order valence-corrected chi connectivity index (χ2v) is 9.31. The molecule has 1 saturated carbocycles. The maximum absolute atomic E-state index is 13.2. The van der Waals surface area contributed by atoms with Crippen LogP contribution in [0.15, 0.2) is 12.1 Å². The van der Waals surface area contributed by atoms with E-state index in [1.54, 1.807) is 19.1 Å². The van der Waals surface area contributed by atoms with Gasteiger partial charge in [-0.1, -0.05) is 45.4 Å². The summed E-state index contributed by atoms with van der Waals surface area (Å²) in [4.78, 5) is 29.9. The van der Waals surface area contributed by atoms with Crippen molar-refractivity contribution in [1.82, 2.24) is 15.1 Å². The third-order valence-electron chi connectivity index (χ3n) is 6.90. The first-order chi connectivity index (χ1) is 16.0. The Labute approximate surface area is 198 Å². The zero-order chi connectivity index (χ0) is 23.6. The molecule has 0 spiro atoms. The third kappa shape index (κ3) is 7.02. The Hall–Kier alpha value is -2.44. The van der Waals surface area contributed by atoms with Crippen LogP contribution in [0.2, 0.25) is 0 Å². The van der Waals surface area contributed by atoms with Crippen LogP contribution in [0.4, 0.5) is 4.79 Å². The van der Waals surface area contributed by atoms with E-state index in [1.165, 1.54) is 24.8 Å².